The minimum absolute atomic E-state index is 0.501. The SMILES string of the molecule is COCc1ccccc1C(O)C1=CCCO1. The van der Waals surface area contributed by atoms with Crippen molar-refractivity contribution in [1.29, 1.82) is 0 Å². The van der Waals surface area contributed by atoms with Gasteiger partial charge in [-0.3, -0.25) is 0 Å². The molecule has 0 radical (unpaired) electrons. The molecule has 1 heterocycles. The van der Waals surface area contributed by atoms with Gasteiger partial charge in [0.15, 0.2) is 0 Å². The van der Waals surface area contributed by atoms with Crippen LogP contribution in [0, 0.1) is 0 Å². The van der Waals surface area contributed by atoms with Gasteiger partial charge >= 0.3 is 0 Å². The van der Waals surface area contributed by atoms with Crippen molar-refractivity contribution in [3.8, 4) is 0 Å². The lowest BCUT2D eigenvalue weighted by Crippen LogP contribution is -2.06. The molecule has 0 fully saturated rings. The molecule has 16 heavy (non-hydrogen) atoms. The molecule has 1 aliphatic rings. The van der Waals surface area contributed by atoms with E-state index < -0.39 is 6.10 Å². The molecule has 1 N–H and O–H groups in total. The van der Waals surface area contributed by atoms with Crippen molar-refractivity contribution in [2.45, 2.75) is 19.1 Å². The zero-order valence-corrected chi connectivity index (χ0v) is 9.35. The summed E-state index contributed by atoms with van der Waals surface area (Å²) in [6.07, 6.45) is 2.14. The van der Waals surface area contributed by atoms with Crippen molar-refractivity contribution in [1.82, 2.24) is 0 Å². The van der Waals surface area contributed by atoms with E-state index in [0.717, 1.165) is 17.5 Å². The first-order chi connectivity index (χ1) is 7.83. The maximum absolute atomic E-state index is 10.2. The van der Waals surface area contributed by atoms with E-state index in [1.807, 2.05) is 30.3 Å². The molecule has 1 unspecified atom stereocenters. The van der Waals surface area contributed by atoms with Gasteiger partial charge in [-0.1, -0.05) is 24.3 Å². The Kier molecular flexibility index (Phi) is 3.59. The molecular weight excluding hydrogens is 204 g/mol. The number of benzene rings is 1. The summed E-state index contributed by atoms with van der Waals surface area (Å²) in [5.41, 5.74) is 1.85. The zero-order valence-electron chi connectivity index (χ0n) is 9.35. The molecule has 1 atom stereocenters. The molecule has 3 nitrogen and oxygen atoms in total. The van der Waals surface area contributed by atoms with Gasteiger partial charge in [0, 0.05) is 13.5 Å². The van der Waals surface area contributed by atoms with Crippen LogP contribution in [0.5, 0.6) is 0 Å². The van der Waals surface area contributed by atoms with E-state index in [4.69, 9.17) is 9.47 Å². The van der Waals surface area contributed by atoms with Crippen LogP contribution in [-0.4, -0.2) is 18.8 Å². The molecule has 0 aliphatic carbocycles. The highest BCUT2D eigenvalue weighted by atomic mass is 16.5. The molecule has 0 aromatic heterocycles. The van der Waals surface area contributed by atoms with E-state index in [-0.39, 0.29) is 0 Å². The number of methoxy groups -OCH3 is 1. The Labute approximate surface area is 95.3 Å². The summed E-state index contributed by atoms with van der Waals surface area (Å²) < 4.78 is 10.5. The first kappa shape index (κ1) is 11.2. The molecule has 3 heteroatoms. The highest BCUT2D eigenvalue weighted by Gasteiger charge is 2.20. The van der Waals surface area contributed by atoms with Gasteiger partial charge in [0.1, 0.15) is 11.9 Å². The van der Waals surface area contributed by atoms with E-state index in [1.54, 1.807) is 7.11 Å². The second-order valence-corrected chi connectivity index (χ2v) is 3.78. The Hall–Kier alpha value is -1.32. The summed E-state index contributed by atoms with van der Waals surface area (Å²) in [5, 5.41) is 10.2. The maximum Gasteiger partial charge on any atom is 0.136 e. The predicted octanol–water partition coefficient (Wildman–Crippen LogP) is 2.17. The summed E-state index contributed by atoms with van der Waals surface area (Å²) in [7, 11) is 1.65. The maximum atomic E-state index is 10.2. The molecule has 1 aromatic carbocycles. The van der Waals surface area contributed by atoms with E-state index in [2.05, 4.69) is 0 Å². The minimum atomic E-state index is -0.672. The van der Waals surface area contributed by atoms with Crippen molar-refractivity contribution < 1.29 is 14.6 Å². The molecule has 2 rings (SSSR count). The number of ether oxygens (including phenoxy) is 2. The number of aliphatic hydroxyl groups is 1. The van der Waals surface area contributed by atoms with Crippen LogP contribution in [0.2, 0.25) is 0 Å². The van der Waals surface area contributed by atoms with Crippen LogP contribution in [0.4, 0.5) is 0 Å². The minimum Gasteiger partial charge on any atom is -0.495 e. The average molecular weight is 220 g/mol. The second-order valence-electron chi connectivity index (χ2n) is 3.78. The largest absolute Gasteiger partial charge is 0.495 e. The number of hydrogen-bond acceptors (Lipinski definition) is 3. The first-order valence-corrected chi connectivity index (χ1v) is 5.40. The molecule has 1 aliphatic heterocycles. The predicted molar refractivity (Wildman–Crippen MR) is 60.8 cm³/mol. The fraction of sp³-hybridized carbons (Fsp3) is 0.385. The van der Waals surface area contributed by atoms with Crippen LogP contribution in [-0.2, 0) is 16.1 Å². The third-order valence-corrected chi connectivity index (χ3v) is 2.65. The Morgan fingerprint density at radius 2 is 2.25 bits per heavy atom. The van der Waals surface area contributed by atoms with E-state index in [1.165, 1.54) is 0 Å². The molecule has 0 spiro atoms. The highest BCUT2D eigenvalue weighted by molar-refractivity contribution is 5.32. The third-order valence-electron chi connectivity index (χ3n) is 2.65. The smallest absolute Gasteiger partial charge is 0.136 e. The fourth-order valence-corrected chi connectivity index (χ4v) is 1.87. The topological polar surface area (TPSA) is 38.7 Å². The van der Waals surface area contributed by atoms with Crippen LogP contribution < -0.4 is 0 Å². The van der Waals surface area contributed by atoms with Gasteiger partial charge in [-0.25, -0.2) is 0 Å². The van der Waals surface area contributed by atoms with Crippen LogP contribution >= 0.6 is 0 Å². The van der Waals surface area contributed by atoms with Crippen LogP contribution in [0.25, 0.3) is 0 Å². The van der Waals surface area contributed by atoms with Gasteiger partial charge in [0.2, 0.25) is 0 Å². The second kappa shape index (κ2) is 5.14. The first-order valence-electron chi connectivity index (χ1n) is 5.40. The summed E-state index contributed by atoms with van der Waals surface area (Å²) in [4.78, 5) is 0. The Morgan fingerprint density at radius 1 is 1.44 bits per heavy atom. The number of rotatable bonds is 4. The van der Waals surface area contributed by atoms with E-state index in [9.17, 15) is 5.11 Å². The molecule has 86 valence electrons. The third kappa shape index (κ3) is 2.26. The number of hydrogen-bond donors (Lipinski definition) is 1. The molecule has 0 saturated heterocycles. The van der Waals surface area contributed by atoms with Crippen molar-refractivity contribution in [3.05, 3.63) is 47.2 Å². The summed E-state index contributed by atoms with van der Waals surface area (Å²) >= 11 is 0. The van der Waals surface area contributed by atoms with E-state index in [0.29, 0.717) is 19.0 Å². The summed E-state index contributed by atoms with van der Waals surface area (Å²) in [6, 6.07) is 7.71. The van der Waals surface area contributed by atoms with Gasteiger partial charge < -0.3 is 14.6 Å². The molecule has 0 saturated carbocycles. The normalized spacial score (nSPS) is 16.8. The van der Waals surface area contributed by atoms with Gasteiger partial charge in [-0.2, -0.15) is 0 Å². The highest BCUT2D eigenvalue weighted by Crippen LogP contribution is 2.28. The van der Waals surface area contributed by atoms with Crippen LogP contribution in [0.1, 0.15) is 23.7 Å². The van der Waals surface area contributed by atoms with E-state index >= 15 is 0 Å². The Balaban J connectivity index is 2.24. The Morgan fingerprint density at radius 3 is 2.94 bits per heavy atom. The summed E-state index contributed by atoms with van der Waals surface area (Å²) in [5.74, 6) is 0.656. The fourth-order valence-electron chi connectivity index (χ4n) is 1.87. The van der Waals surface area contributed by atoms with Gasteiger partial charge in [-0.05, 0) is 17.2 Å². The molecule has 0 bridgehead atoms. The van der Waals surface area contributed by atoms with Crippen LogP contribution in [0.15, 0.2) is 36.1 Å². The quantitative estimate of drug-likeness (QED) is 0.845. The summed E-state index contributed by atoms with van der Waals surface area (Å²) in [6.45, 7) is 1.17. The molecule has 0 amide bonds. The molecular formula is C13H16O3. The standard InChI is InChI=1S/C13H16O3/c1-15-9-10-5-2-3-6-11(10)13(14)12-7-4-8-16-12/h2-3,5-7,13-14H,4,8-9H2,1H3. The van der Waals surface area contributed by atoms with Crippen molar-refractivity contribution in [2.75, 3.05) is 13.7 Å². The lowest BCUT2D eigenvalue weighted by molar-refractivity contribution is 0.115. The van der Waals surface area contributed by atoms with Crippen molar-refractivity contribution in [3.63, 3.8) is 0 Å². The monoisotopic (exact) mass is 220 g/mol. The van der Waals surface area contributed by atoms with Gasteiger partial charge in [0.05, 0.1) is 13.2 Å². The number of aliphatic hydroxyl groups excluding tert-OH is 1. The lowest BCUT2D eigenvalue weighted by atomic mass is 10.0. The van der Waals surface area contributed by atoms with Gasteiger partial charge in [0.25, 0.3) is 0 Å². The Bertz CT molecular complexity index is 385. The average Bonchev–Trinajstić information content (AvgIpc) is 2.83. The van der Waals surface area contributed by atoms with Crippen molar-refractivity contribution >= 4 is 0 Å². The molecule has 1 aromatic rings. The van der Waals surface area contributed by atoms with Crippen molar-refractivity contribution in [2.24, 2.45) is 0 Å². The lowest BCUT2D eigenvalue weighted by Gasteiger charge is -2.16. The van der Waals surface area contributed by atoms with Gasteiger partial charge in [-0.15, -0.1) is 0 Å². The zero-order chi connectivity index (χ0) is 11.4. The van der Waals surface area contributed by atoms with Crippen LogP contribution in [0.3, 0.4) is 0 Å².